The molecule has 2 heteroatoms. The largest absolute Gasteiger partial charge is 0.348 e. The van der Waals surface area contributed by atoms with Crippen molar-refractivity contribution in [3.8, 4) is 0 Å². The molecule has 0 saturated heterocycles. The minimum atomic E-state index is 0.384. The van der Waals surface area contributed by atoms with Crippen LogP contribution in [0.2, 0.25) is 0 Å². The fourth-order valence-corrected chi connectivity index (χ4v) is 2.18. The first kappa shape index (κ1) is 10.9. The van der Waals surface area contributed by atoms with E-state index >= 15 is 0 Å². The van der Waals surface area contributed by atoms with Crippen molar-refractivity contribution in [1.82, 2.24) is 9.97 Å². The average molecular weight is 214 g/mol. The van der Waals surface area contributed by atoms with E-state index in [4.69, 9.17) is 0 Å². The third-order valence-corrected chi connectivity index (χ3v) is 3.28. The highest BCUT2D eigenvalue weighted by atomic mass is 14.9. The Balaban J connectivity index is 2.45. The lowest BCUT2D eigenvalue weighted by Gasteiger charge is -2.16. The van der Waals surface area contributed by atoms with E-state index in [1.54, 1.807) is 0 Å². The second-order valence-electron chi connectivity index (χ2n) is 4.22. The molecule has 0 amide bonds. The van der Waals surface area contributed by atoms with Crippen LogP contribution in [-0.2, 0) is 0 Å². The molecule has 0 aliphatic rings. The van der Waals surface area contributed by atoms with Crippen molar-refractivity contribution in [2.75, 3.05) is 0 Å². The third kappa shape index (κ3) is 1.87. The maximum absolute atomic E-state index is 4.38. The van der Waals surface area contributed by atoms with Gasteiger partial charge in [0.1, 0.15) is 5.82 Å². The van der Waals surface area contributed by atoms with Crippen LogP contribution in [0, 0.1) is 13.8 Å². The van der Waals surface area contributed by atoms with Gasteiger partial charge in [0.25, 0.3) is 0 Å². The third-order valence-electron chi connectivity index (χ3n) is 3.28. The lowest BCUT2D eigenvalue weighted by Crippen LogP contribution is -2.04. The fraction of sp³-hybridized carbons (Fsp3) is 0.357. The Morgan fingerprint density at radius 2 is 2.12 bits per heavy atom. The number of hydrogen-bond donors (Lipinski definition) is 1. The van der Waals surface area contributed by atoms with E-state index in [-0.39, 0.29) is 0 Å². The number of rotatable bonds is 3. The van der Waals surface area contributed by atoms with Gasteiger partial charge in [-0.05, 0) is 37.0 Å². The van der Waals surface area contributed by atoms with E-state index in [9.17, 15) is 0 Å². The second kappa shape index (κ2) is 4.52. The number of aromatic nitrogens is 2. The van der Waals surface area contributed by atoms with Crippen LogP contribution in [0.4, 0.5) is 0 Å². The van der Waals surface area contributed by atoms with Crippen molar-refractivity contribution in [2.24, 2.45) is 0 Å². The van der Waals surface area contributed by atoms with Crippen molar-refractivity contribution < 1.29 is 0 Å². The Kier molecular flexibility index (Phi) is 3.09. The van der Waals surface area contributed by atoms with E-state index in [0.717, 1.165) is 12.2 Å². The molecule has 1 heterocycles. The van der Waals surface area contributed by atoms with E-state index in [1.807, 2.05) is 12.4 Å². The lowest BCUT2D eigenvalue weighted by atomic mass is 9.90. The normalized spacial score (nSPS) is 12.7. The van der Waals surface area contributed by atoms with Crippen LogP contribution in [-0.4, -0.2) is 9.97 Å². The standard InChI is InChI=1S/C14H18N2/c1-4-12(14-15-8-9-16-14)13-7-5-6-10(2)11(13)3/h5-9,12H,4H2,1-3H3,(H,15,16). The molecule has 2 nitrogen and oxygen atoms in total. The quantitative estimate of drug-likeness (QED) is 0.831. The number of benzene rings is 1. The van der Waals surface area contributed by atoms with Gasteiger partial charge in [0.2, 0.25) is 0 Å². The molecule has 84 valence electrons. The molecular weight excluding hydrogens is 196 g/mol. The molecule has 1 N–H and O–H groups in total. The average Bonchev–Trinajstić information content (AvgIpc) is 2.79. The summed E-state index contributed by atoms with van der Waals surface area (Å²) < 4.78 is 0. The summed E-state index contributed by atoms with van der Waals surface area (Å²) in [5.74, 6) is 1.45. The minimum absolute atomic E-state index is 0.384. The summed E-state index contributed by atoms with van der Waals surface area (Å²) in [7, 11) is 0. The zero-order chi connectivity index (χ0) is 11.5. The molecule has 0 saturated carbocycles. The van der Waals surface area contributed by atoms with Gasteiger partial charge in [-0.2, -0.15) is 0 Å². The van der Waals surface area contributed by atoms with Gasteiger partial charge in [0.15, 0.2) is 0 Å². The molecule has 0 spiro atoms. The van der Waals surface area contributed by atoms with Gasteiger partial charge in [-0.15, -0.1) is 0 Å². The Hall–Kier alpha value is -1.57. The summed E-state index contributed by atoms with van der Waals surface area (Å²) in [4.78, 5) is 7.60. The topological polar surface area (TPSA) is 28.7 Å². The van der Waals surface area contributed by atoms with Crippen LogP contribution in [0.3, 0.4) is 0 Å². The molecule has 16 heavy (non-hydrogen) atoms. The van der Waals surface area contributed by atoms with Crippen LogP contribution in [0.15, 0.2) is 30.6 Å². The molecule has 0 aliphatic carbocycles. The Bertz CT molecular complexity index is 458. The monoisotopic (exact) mass is 214 g/mol. The zero-order valence-corrected chi connectivity index (χ0v) is 10.1. The summed E-state index contributed by atoms with van der Waals surface area (Å²) >= 11 is 0. The number of nitrogens with zero attached hydrogens (tertiary/aromatic N) is 1. The van der Waals surface area contributed by atoms with Crippen molar-refractivity contribution in [3.05, 3.63) is 53.1 Å². The summed E-state index contributed by atoms with van der Waals surface area (Å²) in [5.41, 5.74) is 4.12. The number of H-pyrrole nitrogens is 1. The van der Waals surface area contributed by atoms with Gasteiger partial charge in [-0.3, -0.25) is 0 Å². The highest BCUT2D eigenvalue weighted by Crippen LogP contribution is 2.28. The number of aromatic amines is 1. The molecule has 1 aromatic carbocycles. The summed E-state index contributed by atoms with van der Waals surface area (Å²) in [6, 6.07) is 6.50. The number of hydrogen-bond acceptors (Lipinski definition) is 1. The molecule has 1 aromatic heterocycles. The fourth-order valence-electron chi connectivity index (χ4n) is 2.18. The predicted molar refractivity (Wildman–Crippen MR) is 66.6 cm³/mol. The Labute approximate surface area is 96.7 Å². The first-order valence-corrected chi connectivity index (χ1v) is 5.79. The number of nitrogens with one attached hydrogen (secondary N) is 1. The van der Waals surface area contributed by atoms with Gasteiger partial charge in [-0.25, -0.2) is 4.98 Å². The number of imidazole rings is 1. The summed E-state index contributed by atoms with van der Waals surface area (Å²) in [6.45, 7) is 6.55. The minimum Gasteiger partial charge on any atom is -0.348 e. The Morgan fingerprint density at radius 1 is 1.31 bits per heavy atom. The SMILES string of the molecule is CCC(c1ncc[nH]1)c1cccc(C)c1C. The van der Waals surface area contributed by atoms with Crippen molar-refractivity contribution in [1.29, 1.82) is 0 Å². The molecule has 0 fully saturated rings. The maximum atomic E-state index is 4.38. The predicted octanol–water partition coefficient (Wildman–Crippen LogP) is 3.57. The summed E-state index contributed by atoms with van der Waals surface area (Å²) in [6.07, 6.45) is 4.78. The first-order valence-electron chi connectivity index (χ1n) is 5.79. The smallest absolute Gasteiger partial charge is 0.113 e. The van der Waals surface area contributed by atoms with Crippen LogP contribution in [0.1, 0.15) is 41.8 Å². The number of aryl methyl sites for hydroxylation is 1. The van der Waals surface area contributed by atoms with Gasteiger partial charge in [0, 0.05) is 18.3 Å². The maximum Gasteiger partial charge on any atom is 0.113 e. The molecule has 0 bridgehead atoms. The van der Waals surface area contributed by atoms with Crippen molar-refractivity contribution in [2.45, 2.75) is 33.1 Å². The highest BCUT2D eigenvalue weighted by Gasteiger charge is 2.16. The molecule has 1 unspecified atom stereocenters. The van der Waals surface area contributed by atoms with Crippen molar-refractivity contribution >= 4 is 0 Å². The zero-order valence-electron chi connectivity index (χ0n) is 10.1. The lowest BCUT2D eigenvalue weighted by molar-refractivity contribution is 0.723. The van der Waals surface area contributed by atoms with E-state index < -0.39 is 0 Å². The first-order chi connectivity index (χ1) is 7.74. The molecule has 1 atom stereocenters. The molecule has 0 radical (unpaired) electrons. The summed E-state index contributed by atoms with van der Waals surface area (Å²) in [5, 5.41) is 0. The Morgan fingerprint density at radius 3 is 2.75 bits per heavy atom. The highest BCUT2D eigenvalue weighted by molar-refractivity contribution is 5.38. The molecule has 2 rings (SSSR count). The van der Waals surface area contributed by atoms with Crippen LogP contribution in [0.5, 0.6) is 0 Å². The van der Waals surface area contributed by atoms with E-state index in [2.05, 4.69) is 48.9 Å². The van der Waals surface area contributed by atoms with Gasteiger partial charge in [-0.1, -0.05) is 25.1 Å². The van der Waals surface area contributed by atoms with Crippen molar-refractivity contribution in [3.63, 3.8) is 0 Å². The van der Waals surface area contributed by atoms with Gasteiger partial charge < -0.3 is 4.98 Å². The second-order valence-corrected chi connectivity index (χ2v) is 4.22. The van der Waals surface area contributed by atoms with E-state index in [1.165, 1.54) is 16.7 Å². The van der Waals surface area contributed by atoms with Gasteiger partial charge >= 0.3 is 0 Å². The van der Waals surface area contributed by atoms with E-state index in [0.29, 0.717) is 5.92 Å². The van der Waals surface area contributed by atoms with Gasteiger partial charge in [0.05, 0.1) is 0 Å². The van der Waals surface area contributed by atoms with Crippen LogP contribution < -0.4 is 0 Å². The molecule has 0 aliphatic heterocycles. The molecular formula is C14H18N2. The van der Waals surface area contributed by atoms with Crippen LogP contribution >= 0.6 is 0 Å². The van der Waals surface area contributed by atoms with Crippen LogP contribution in [0.25, 0.3) is 0 Å². The molecule has 2 aromatic rings.